The van der Waals surface area contributed by atoms with E-state index in [4.69, 9.17) is 9.84 Å². The highest BCUT2D eigenvalue weighted by molar-refractivity contribution is 5.83. The molecule has 8 nitrogen and oxygen atoms in total. The number of rotatable bonds is 9. The fourth-order valence-electron chi connectivity index (χ4n) is 3.76. The van der Waals surface area contributed by atoms with Crippen molar-refractivity contribution >= 4 is 18.0 Å². The quantitative estimate of drug-likeness (QED) is 0.475. The van der Waals surface area contributed by atoms with Crippen molar-refractivity contribution in [3.8, 4) is 11.1 Å². The van der Waals surface area contributed by atoms with Crippen molar-refractivity contribution in [2.75, 3.05) is 19.7 Å². The first kappa shape index (κ1) is 23.3. The first-order valence-electron chi connectivity index (χ1n) is 10.5. The van der Waals surface area contributed by atoms with Gasteiger partial charge in [0.1, 0.15) is 6.61 Å². The number of fused-ring (bicyclic) bond motifs is 3. The van der Waals surface area contributed by atoms with Crippen molar-refractivity contribution in [3.63, 3.8) is 0 Å². The lowest BCUT2D eigenvalue weighted by molar-refractivity contribution is -0.146. The van der Waals surface area contributed by atoms with Crippen LogP contribution in [-0.4, -0.2) is 54.0 Å². The van der Waals surface area contributed by atoms with E-state index >= 15 is 0 Å². The summed E-state index contributed by atoms with van der Waals surface area (Å²) >= 11 is 0. The number of hydrogen-bond donors (Lipinski definition) is 4. The van der Waals surface area contributed by atoms with Crippen LogP contribution in [0.4, 0.5) is 4.79 Å². The molecule has 0 spiro atoms. The molecule has 0 radical (unpaired) electrons. The number of carbonyl (C=O) groups is 3. The highest BCUT2D eigenvalue weighted by atomic mass is 16.5. The van der Waals surface area contributed by atoms with Gasteiger partial charge in [-0.1, -0.05) is 62.4 Å². The lowest BCUT2D eigenvalue weighted by Gasteiger charge is -2.24. The zero-order chi connectivity index (χ0) is 23.3. The highest BCUT2D eigenvalue weighted by Gasteiger charge is 2.30. The average molecular weight is 440 g/mol. The summed E-state index contributed by atoms with van der Waals surface area (Å²) < 4.78 is 5.47. The summed E-state index contributed by atoms with van der Waals surface area (Å²) in [5.74, 6) is -1.84. The van der Waals surface area contributed by atoms with Gasteiger partial charge in [-0.25, -0.2) is 9.59 Å². The first-order chi connectivity index (χ1) is 15.2. The fraction of sp³-hybridized carbons (Fsp3) is 0.375. The van der Waals surface area contributed by atoms with E-state index in [9.17, 15) is 19.5 Å². The number of aliphatic carboxylic acids is 1. The van der Waals surface area contributed by atoms with Crippen LogP contribution in [0.15, 0.2) is 48.5 Å². The van der Waals surface area contributed by atoms with Crippen molar-refractivity contribution in [2.24, 2.45) is 5.41 Å². The first-order valence-corrected chi connectivity index (χ1v) is 10.5. The fourth-order valence-corrected chi connectivity index (χ4v) is 3.76. The Bertz CT molecular complexity index is 958. The van der Waals surface area contributed by atoms with Crippen molar-refractivity contribution in [1.29, 1.82) is 0 Å². The number of aliphatic hydroxyl groups excluding tert-OH is 1. The smallest absolute Gasteiger partial charge is 0.407 e. The molecule has 0 fully saturated rings. The van der Waals surface area contributed by atoms with Gasteiger partial charge in [-0.3, -0.25) is 4.79 Å². The standard InChI is InChI=1S/C24H28N2O6/c1-24(2,22(30)26-13-20(27)21(28)29)11-12-25-23(31)32-14-19-17-9-5-3-7-15(17)16-8-4-6-10-18(16)19/h3-10,19-20,27H,11-14H2,1-2H3,(H,25,31)(H,26,30)(H,28,29)/t20-/m0/s1. The molecule has 0 bridgehead atoms. The van der Waals surface area contributed by atoms with Gasteiger partial charge in [0.15, 0.2) is 6.10 Å². The number of aliphatic hydroxyl groups is 1. The summed E-state index contributed by atoms with van der Waals surface area (Å²) in [5, 5.41) is 23.0. The van der Waals surface area contributed by atoms with Crippen LogP contribution in [0, 0.1) is 5.41 Å². The average Bonchev–Trinajstić information content (AvgIpc) is 3.09. The van der Waals surface area contributed by atoms with Gasteiger partial charge in [-0.15, -0.1) is 0 Å². The number of amides is 2. The Labute approximate surface area is 186 Å². The van der Waals surface area contributed by atoms with Gasteiger partial charge in [0.25, 0.3) is 0 Å². The summed E-state index contributed by atoms with van der Waals surface area (Å²) in [4.78, 5) is 35.1. The molecule has 8 heteroatoms. The molecule has 2 aromatic rings. The van der Waals surface area contributed by atoms with E-state index < -0.39 is 29.5 Å². The van der Waals surface area contributed by atoms with Crippen LogP contribution in [0.2, 0.25) is 0 Å². The number of benzene rings is 2. The normalized spacial score (nSPS) is 13.6. The second-order valence-corrected chi connectivity index (χ2v) is 8.45. The summed E-state index contributed by atoms with van der Waals surface area (Å²) in [6.45, 7) is 3.39. The van der Waals surface area contributed by atoms with Crippen molar-refractivity contribution in [2.45, 2.75) is 32.3 Å². The Kier molecular flexibility index (Phi) is 7.15. The number of carboxylic acid groups (broad SMARTS) is 1. The van der Waals surface area contributed by atoms with Crippen LogP contribution in [0.25, 0.3) is 11.1 Å². The molecule has 0 heterocycles. The van der Waals surface area contributed by atoms with Gasteiger partial charge in [-0.2, -0.15) is 0 Å². The maximum absolute atomic E-state index is 12.2. The highest BCUT2D eigenvalue weighted by Crippen LogP contribution is 2.44. The van der Waals surface area contributed by atoms with Gasteiger partial charge in [0, 0.05) is 17.9 Å². The molecule has 32 heavy (non-hydrogen) atoms. The molecule has 1 aliphatic rings. The van der Waals surface area contributed by atoms with Crippen LogP contribution < -0.4 is 10.6 Å². The molecule has 170 valence electrons. The van der Waals surface area contributed by atoms with E-state index in [1.54, 1.807) is 13.8 Å². The molecule has 3 rings (SSSR count). The Morgan fingerprint density at radius 1 is 1.00 bits per heavy atom. The van der Waals surface area contributed by atoms with E-state index in [0.717, 1.165) is 22.3 Å². The van der Waals surface area contributed by atoms with Gasteiger partial charge in [-0.05, 0) is 28.7 Å². The molecule has 2 aromatic carbocycles. The summed E-state index contributed by atoms with van der Waals surface area (Å²) in [6, 6.07) is 16.2. The molecular formula is C24H28N2O6. The largest absolute Gasteiger partial charge is 0.479 e. The monoisotopic (exact) mass is 440 g/mol. The van der Waals surface area contributed by atoms with Gasteiger partial charge in [0.2, 0.25) is 5.91 Å². The number of nitrogens with one attached hydrogen (secondary N) is 2. The third-order valence-electron chi connectivity index (χ3n) is 5.72. The summed E-state index contributed by atoms with van der Waals surface area (Å²) in [7, 11) is 0. The lowest BCUT2D eigenvalue weighted by Crippen LogP contribution is -2.44. The topological polar surface area (TPSA) is 125 Å². The van der Waals surface area contributed by atoms with Crippen molar-refractivity contribution in [3.05, 3.63) is 59.7 Å². The number of alkyl carbamates (subject to hydrolysis) is 1. The molecule has 1 atom stereocenters. The molecule has 0 aliphatic heterocycles. The molecule has 2 amide bonds. The minimum absolute atomic E-state index is 0.0315. The van der Waals surface area contributed by atoms with Crippen LogP contribution >= 0.6 is 0 Å². The maximum Gasteiger partial charge on any atom is 0.407 e. The van der Waals surface area contributed by atoms with Gasteiger partial charge in [0.05, 0.1) is 6.54 Å². The van der Waals surface area contributed by atoms with Crippen LogP contribution in [0.3, 0.4) is 0 Å². The zero-order valence-electron chi connectivity index (χ0n) is 18.1. The van der Waals surface area contributed by atoms with Gasteiger partial charge >= 0.3 is 12.1 Å². The molecule has 0 saturated heterocycles. The van der Waals surface area contributed by atoms with Crippen molar-refractivity contribution in [1.82, 2.24) is 10.6 Å². The Morgan fingerprint density at radius 2 is 1.56 bits per heavy atom. The molecule has 0 aromatic heterocycles. The third-order valence-corrected chi connectivity index (χ3v) is 5.72. The number of carbonyl (C=O) groups excluding carboxylic acids is 2. The number of carboxylic acids is 1. The van der Waals surface area contributed by atoms with Crippen LogP contribution in [0.1, 0.15) is 37.3 Å². The van der Waals surface area contributed by atoms with E-state index in [0.29, 0.717) is 6.42 Å². The SMILES string of the molecule is CC(C)(CCNC(=O)OCC1c2ccccc2-c2ccccc21)C(=O)NC[C@H](O)C(=O)O. The van der Waals surface area contributed by atoms with E-state index in [1.807, 2.05) is 36.4 Å². The Morgan fingerprint density at radius 3 is 2.12 bits per heavy atom. The Balaban J connectivity index is 1.48. The maximum atomic E-state index is 12.2. The Hall–Kier alpha value is -3.39. The molecule has 4 N–H and O–H groups in total. The zero-order valence-corrected chi connectivity index (χ0v) is 18.1. The second kappa shape index (κ2) is 9.82. The predicted octanol–water partition coefficient (Wildman–Crippen LogP) is 2.50. The molecule has 0 unspecified atom stereocenters. The molecule has 1 aliphatic carbocycles. The minimum Gasteiger partial charge on any atom is -0.479 e. The second-order valence-electron chi connectivity index (χ2n) is 8.45. The van der Waals surface area contributed by atoms with E-state index in [1.165, 1.54) is 0 Å². The third kappa shape index (κ3) is 5.26. The van der Waals surface area contributed by atoms with E-state index in [2.05, 4.69) is 22.8 Å². The summed E-state index contributed by atoms with van der Waals surface area (Å²) in [5.41, 5.74) is 3.69. The predicted molar refractivity (Wildman–Crippen MR) is 118 cm³/mol. The lowest BCUT2D eigenvalue weighted by atomic mass is 9.88. The minimum atomic E-state index is -1.66. The van der Waals surface area contributed by atoms with Crippen LogP contribution in [-0.2, 0) is 14.3 Å². The summed E-state index contributed by atoms with van der Waals surface area (Å²) in [6.07, 6.45) is -1.91. The van der Waals surface area contributed by atoms with E-state index in [-0.39, 0.29) is 25.6 Å². The molecular weight excluding hydrogens is 412 g/mol. The van der Waals surface area contributed by atoms with Crippen molar-refractivity contribution < 1.29 is 29.3 Å². The van der Waals surface area contributed by atoms with Crippen LogP contribution in [0.5, 0.6) is 0 Å². The molecule has 0 saturated carbocycles. The number of hydrogen-bond acceptors (Lipinski definition) is 5. The van der Waals surface area contributed by atoms with Gasteiger partial charge < -0.3 is 25.6 Å². The number of ether oxygens (including phenoxy) is 1.